The van der Waals surface area contributed by atoms with Gasteiger partial charge in [-0.15, -0.1) is 23.5 Å². The highest BCUT2D eigenvalue weighted by Crippen LogP contribution is 2.23. The second-order valence-electron chi connectivity index (χ2n) is 5.37. The van der Waals surface area contributed by atoms with Crippen LogP contribution in [0.3, 0.4) is 0 Å². The van der Waals surface area contributed by atoms with E-state index >= 15 is 0 Å². The van der Waals surface area contributed by atoms with Gasteiger partial charge in [0.2, 0.25) is 11.8 Å². The quantitative estimate of drug-likeness (QED) is 0.597. The molecular weight excluding hydrogens is 359 g/mol. The Balaban J connectivity index is 1.70. The van der Waals surface area contributed by atoms with Gasteiger partial charge in [0.15, 0.2) is 0 Å². The lowest BCUT2D eigenvalue weighted by atomic mass is 10.2. The van der Waals surface area contributed by atoms with E-state index in [1.807, 2.05) is 26.0 Å². The van der Waals surface area contributed by atoms with Crippen molar-refractivity contribution in [1.29, 1.82) is 0 Å². The first-order valence-corrected chi connectivity index (χ1v) is 9.58. The molecule has 0 radical (unpaired) electrons. The van der Waals surface area contributed by atoms with E-state index in [2.05, 4.69) is 16.9 Å². The molecule has 0 aliphatic rings. The summed E-state index contributed by atoms with van der Waals surface area (Å²) in [6.07, 6.45) is 0. The van der Waals surface area contributed by atoms with Crippen LogP contribution >= 0.6 is 23.5 Å². The standard InChI is InChI=1S/C18H19FN2O2S2/c1-12-7-8-15(13(2)9-12)24-10-17(22)20-21-18(23)11-25-16-6-4-3-5-14(16)19/h3-9H,10-11H2,1-2H3,(H,20,22)(H,21,23). The van der Waals surface area contributed by atoms with Crippen LogP contribution in [0.25, 0.3) is 0 Å². The molecule has 0 aromatic heterocycles. The molecule has 0 unspecified atom stereocenters. The molecule has 132 valence electrons. The number of hydrazine groups is 1. The first-order chi connectivity index (χ1) is 12.0. The van der Waals surface area contributed by atoms with Gasteiger partial charge in [-0.2, -0.15) is 0 Å². The molecular formula is C18H19FN2O2S2. The van der Waals surface area contributed by atoms with Gasteiger partial charge < -0.3 is 0 Å². The Labute approximate surface area is 154 Å². The van der Waals surface area contributed by atoms with Crippen LogP contribution in [-0.4, -0.2) is 23.3 Å². The van der Waals surface area contributed by atoms with E-state index in [-0.39, 0.29) is 23.2 Å². The van der Waals surface area contributed by atoms with Gasteiger partial charge in [-0.1, -0.05) is 29.8 Å². The molecule has 0 fully saturated rings. The number of carbonyl (C=O) groups is 2. The molecule has 0 spiro atoms. The van der Waals surface area contributed by atoms with Crippen molar-refractivity contribution in [2.75, 3.05) is 11.5 Å². The number of hydrogen-bond donors (Lipinski definition) is 2. The number of halogens is 1. The number of amides is 2. The summed E-state index contributed by atoms with van der Waals surface area (Å²) in [6.45, 7) is 4.01. The van der Waals surface area contributed by atoms with Crippen LogP contribution in [0, 0.1) is 19.7 Å². The van der Waals surface area contributed by atoms with E-state index in [9.17, 15) is 14.0 Å². The third-order valence-electron chi connectivity index (χ3n) is 3.23. The minimum atomic E-state index is -0.391. The minimum absolute atomic E-state index is 0.0193. The van der Waals surface area contributed by atoms with Crippen molar-refractivity contribution in [3.05, 3.63) is 59.4 Å². The van der Waals surface area contributed by atoms with Gasteiger partial charge in [0.25, 0.3) is 0 Å². The summed E-state index contributed by atoms with van der Waals surface area (Å²) < 4.78 is 13.4. The zero-order valence-corrected chi connectivity index (χ0v) is 15.6. The van der Waals surface area contributed by atoms with Crippen LogP contribution in [0.5, 0.6) is 0 Å². The maximum absolute atomic E-state index is 13.4. The average Bonchev–Trinajstić information content (AvgIpc) is 2.58. The number of thioether (sulfide) groups is 2. The summed E-state index contributed by atoms with van der Waals surface area (Å²) in [7, 11) is 0. The Morgan fingerprint density at radius 2 is 1.52 bits per heavy atom. The van der Waals surface area contributed by atoms with Gasteiger partial charge in [0, 0.05) is 9.79 Å². The highest BCUT2D eigenvalue weighted by atomic mass is 32.2. The lowest BCUT2D eigenvalue weighted by Crippen LogP contribution is -2.43. The Bertz CT molecular complexity index is 768. The van der Waals surface area contributed by atoms with Crippen LogP contribution in [-0.2, 0) is 9.59 Å². The van der Waals surface area contributed by atoms with Crippen molar-refractivity contribution in [1.82, 2.24) is 10.9 Å². The fourth-order valence-electron chi connectivity index (χ4n) is 2.02. The molecule has 2 aromatic carbocycles. The Morgan fingerprint density at radius 1 is 0.920 bits per heavy atom. The summed E-state index contributed by atoms with van der Waals surface area (Å²) in [6, 6.07) is 12.3. The van der Waals surface area contributed by atoms with Crippen molar-refractivity contribution in [2.24, 2.45) is 0 Å². The number of carbonyl (C=O) groups excluding carboxylic acids is 2. The Kier molecular flexibility index (Phi) is 7.33. The van der Waals surface area contributed by atoms with E-state index in [1.165, 1.54) is 23.4 Å². The Hall–Kier alpha value is -1.99. The van der Waals surface area contributed by atoms with E-state index in [0.29, 0.717) is 4.90 Å². The van der Waals surface area contributed by atoms with Crippen molar-refractivity contribution in [3.63, 3.8) is 0 Å². The number of rotatable bonds is 6. The van der Waals surface area contributed by atoms with E-state index in [1.54, 1.807) is 18.2 Å². The molecule has 2 N–H and O–H groups in total. The van der Waals surface area contributed by atoms with E-state index < -0.39 is 5.91 Å². The maximum atomic E-state index is 13.4. The lowest BCUT2D eigenvalue weighted by molar-refractivity contribution is -0.126. The van der Waals surface area contributed by atoms with Crippen LogP contribution in [0.15, 0.2) is 52.3 Å². The molecule has 25 heavy (non-hydrogen) atoms. The predicted octanol–water partition coefficient (Wildman–Crippen LogP) is 3.47. The first-order valence-electron chi connectivity index (χ1n) is 7.61. The molecule has 0 aliphatic carbocycles. The first kappa shape index (κ1) is 19.3. The molecule has 0 heterocycles. The van der Waals surface area contributed by atoms with Crippen molar-refractivity contribution >= 4 is 35.3 Å². The second kappa shape index (κ2) is 9.48. The predicted molar refractivity (Wildman–Crippen MR) is 100 cm³/mol. The van der Waals surface area contributed by atoms with Gasteiger partial charge in [-0.05, 0) is 37.6 Å². The van der Waals surface area contributed by atoms with Gasteiger partial charge >= 0.3 is 0 Å². The smallest absolute Gasteiger partial charge is 0.248 e. The van der Waals surface area contributed by atoms with Crippen molar-refractivity contribution in [2.45, 2.75) is 23.6 Å². The molecule has 0 aliphatic heterocycles. The minimum Gasteiger partial charge on any atom is -0.272 e. The highest BCUT2D eigenvalue weighted by Gasteiger charge is 2.09. The number of aryl methyl sites for hydroxylation is 2. The second-order valence-corrected chi connectivity index (χ2v) is 7.41. The molecule has 0 saturated carbocycles. The average molecular weight is 378 g/mol. The zero-order valence-electron chi connectivity index (χ0n) is 14.0. The van der Waals surface area contributed by atoms with Crippen LogP contribution in [0.4, 0.5) is 4.39 Å². The van der Waals surface area contributed by atoms with Crippen LogP contribution in [0.2, 0.25) is 0 Å². The third-order valence-corrected chi connectivity index (χ3v) is 5.45. The topological polar surface area (TPSA) is 58.2 Å². The van der Waals surface area contributed by atoms with Crippen molar-refractivity contribution in [3.8, 4) is 0 Å². The fraction of sp³-hybridized carbons (Fsp3) is 0.222. The van der Waals surface area contributed by atoms with E-state index in [4.69, 9.17) is 0 Å². The summed E-state index contributed by atoms with van der Waals surface area (Å²) in [5, 5.41) is 0. The largest absolute Gasteiger partial charge is 0.272 e. The summed E-state index contributed by atoms with van der Waals surface area (Å²) in [5.41, 5.74) is 6.99. The molecule has 4 nitrogen and oxygen atoms in total. The zero-order chi connectivity index (χ0) is 18.2. The van der Waals surface area contributed by atoms with Crippen LogP contribution in [0.1, 0.15) is 11.1 Å². The molecule has 0 atom stereocenters. The van der Waals surface area contributed by atoms with Gasteiger partial charge in [-0.25, -0.2) is 4.39 Å². The number of hydrogen-bond acceptors (Lipinski definition) is 4. The molecule has 0 bridgehead atoms. The summed E-state index contributed by atoms with van der Waals surface area (Å²) in [4.78, 5) is 25.0. The number of nitrogens with one attached hydrogen (secondary N) is 2. The highest BCUT2D eigenvalue weighted by molar-refractivity contribution is 8.00. The lowest BCUT2D eigenvalue weighted by Gasteiger charge is -2.09. The molecule has 2 rings (SSSR count). The fourth-order valence-corrected chi connectivity index (χ4v) is 3.57. The third kappa shape index (κ3) is 6.43. The van der Waals surface area contributed by atoms with Gasteiger partial charge in [-0.3, -0.25) is 20.4 Å². The van der Waals surface area contributed by atoms with Gasteiger partial charge in [0.1, 0.15) is 5.82 Å². The summed E-state index contributed by atoms with van der Waals surface area (Å²) >= 11 is 2.49. The van der Waals surface area contributed by atoms with E-state index in [0.717, 1.165) is 22.2 Å². The van der Waals surface area contributed by atoms with Gasteiger partial charge in [0.05, 0.1) is 11.5 Å². The number of benzene rings is 2. The molecule has 0 saturated heterocycles. The summed E-state index contributed by atoms with van der Waals surface area (Å²) in [5.74, 6) is -0.836. The monoisotopic (exact) mass is 378 g/mol. The van der Waals surface area contributed by atoms with Crippen LogP contribution < -0.4 is 10.9 Å². The molecule has 7 heteroatoms. The normalized spacial score (nSPS) is 10.4. The maximum Gasteiger partial charge on any atom is 0.248 e. The SMILES string of the molecule is Cc1ccc(SCC(=O)NNC(=O)CSc2ccccc2F)c(C)c1. The Morgan fingerprint density at radius 3 is 2.12 bits per heavy atom. The molecule has 2 amide bonds. The van der Waals surface area contributed by atoms with Crippen molar-refractivity contribution < 1.29 is 14.0 Å². The molecule has 2 aromatic rings.